The fourth-order valence-corrected chi connectivity index (χ4v) is 1.83. The topological polar surface area (TPSA) is 21.3 Å². The van der Waals surface area contributed by atoms with Gasteiger partial charge in [0.2, 0.25) is 0 Å². The van der Waals surface area contributed by atoms with E-state index in [4.69, 9.17) is 4.74 Å². The first-order valence-electron chi connectivity index (χ1n) is 5.16. The Labute approximate surface area is 87.8 Å². The monoisotopic (exact) mass is 207 g/mol. The molecule has 0 aliphatic heterocycles. The summed E-state index contributed by atoms with van der Waals surface area (Å²) >= 11 is 0. The van der Waals surface area contributed by atoms with Gasteiger partial charge in [0.1, 0.15) is 0 Å². The van der Waals surface area contributed by atoms with Crippen molar-refractivity contribution in [1.29, 1.82) is 0 Å². The number of hydrogen-bond donors (Lipinski definition) is 1. The molecule has 2 nitrogen and oxygen atoms in total. The average Bonchev–Trinajstić information content (AvgIpc) is 2.14. The van der Waals surface area contributed by atoms with E-state index in [-0.39, 0.29) is 12.4 Å². The standard InChI is InChI=1S/C10H21NO.ClH/c1-12-9-5-8-11-10-6-3-2-4-7-10;/h10-11H,2-9H2,1H3;1H. The van der Waals surface area contributed by atoms with Crippen LogP contribution in [0.15, 0.2) is 0 Å². The van der Waals surface area contributed by atoms with Gasteiger partial charge in [-0.1, -0.05) is 19.3 Å². The largest absolute Gasteiger partial charge is 0.385 e. The van der Waals surface area contributed by atoms with Gasteiger partial charge in [0, 0.05) is 19.8 Å². The van der Waals surface area contributed by atoms with Crippen LogP contribution in [0.2, 0.25) is 0 Å². The summed E-state index contributed by atoms with van der Waals surface area (Å²) in [4.78, 5) is 0. The summed E-state index contributed by atoms with van der Waals surface area (Å²) in [5, 5.41) is 3.58. The molecular weight excluding hydrogens is 186 g/mol. The Balaban J connectivity index is 0.00000144. The van der Waals surface area contributed by atoms with Crippen molar-refractivity contribution in [2.24, 2.45) is 0 Å². The third-order valence-corrected chi connectivity index (χ3v) is 2.56. The van der Waals surface area contributed by atoms with Crippen LogP contribution in [0.3, 0.4) is 0 Å². The van der Waals surface area contributed by atoms with Crippen molar-refractivity contribution in [2.75, 3.05) is 20.3 Å². The molecule has 0 atom stereocenters. The fraction of sp³-hybridized carbons (Fsp3) is 1.00. The predicted molar refractivity (Wildman–Crippen MR) is 58.6 cm³/mol. The van der Waals surface area contributed by atoms with Crippen LogP contribution < -0.4 is 5.32 Å². The summed E-state index contributed by atoms with van der Waals surface area (Å²) in [5.74, 6) is 0. The molecule has 0 radical (unpaired) electrons. The zero-order valence-electron chi connectivity index (χ0n) is 8.55. The first kappa shape index (κ1) is 13.2. The Morgan fingerprint density at radius 1 is 1.23 bits per heavy atom. The number of ether oxygens (including phenoxy) is 1. The van der Waals surface area contributed by atoms with Gasteiger partial charge in [-0.25, -0.2) is 0 Å². The van der Waals surface area contributed by atoms with Crippen LogP contribution in [0.5, 0.6) is 0 Å². The molecular formula is C10H22ClNO. The summed E-state index contributed by atoms with van der Waals surface area (Å²) in [6.07, 6.45) is 8.19. The molecule has 13 heavy (non-hydrogen) atoms. The number of rotatable bonds is 5. The van der Waals surface area contributed by atoms with E-state index in [2.05, 4.69) is 5.32 Å². The highest BCUT2D eigenvalue weighted by molar-refractivity contribution is 5.85. The zero-order valence-corrected chi connectivity index (χ0v) is 9.37. The smallest absolute Gasteiger partial charge is 0.0474 e. The van der Waals surface area contributed by atoms with Gasteiger partial charge in [-0.05, 0) is 25.8 Å². The predicted octanol–water partition coefficient (Wildman–Crippen LogP) is 2.37. The number of hydrogen-bond acceptors (Lipinski definition) is 2. The molecule has 0 spiro atoms. The van der Waals surface area contributed by atoms with Crippen molar-refractivity contribution in [3.63, 3.8) is 0 Å². The lowest BCUT2D eigenvalue weighted by atomic mass is 9.95. The highest BCUT2D eigenvalue weighted by atomic mass is 35.5. The van der Waals surface area contributed by atoms with Crippen molar-refractivity contribution in [2.45, 2.75) is 44.6 Å². The van der Waals surface area contributed by atoms with E-state index in [9.17, 15) is 0 Å². The average molecular weight is 208 g/mol. The van der Waals surface area contributed by atoms with Crippen LogP contribution in [0.4, 0.5) is 0 Å². The Bertz CT molecular complexity index is 105. The normalized spacial score (nSPS) is 18.2. The second-order valence-electron chi connectivity index (χ2n) is 3.64. The van der Waals surface area contributed by atoms with Crippen LogP contribution in [-0.2, 0) is 4.74 Å². The summed E-state index contributed by atoms with van der Waals surface area (Å²) < 4.78 is 4.99. The number of halogens is 1. The molecule has 1 fully saturated rings. The molecule has 0 bridgehead atoms. The Morgan fingerprint density at radius 2 is 1.92 bits per heavy atom. The maximum atomic E-state index is 4.99. The molecule has 1 aliphatic carbocycles. The molecule has 0 saturated heterocycles. The van der Waals surface area contributed by atoms with Crippen molar-refractivity contribution in [3.05, 3.63) is 0 Å². The Morgan fingerprint density at radius 3 is 2.54 bits per heavy atom. The molecule has 0 aromatic heterocycles. The van der Waals surface area contributed by atoms with Crippen LogP contribution in [-0.4, -0.2) is 26.3 Å². The quantitative estimate of drug-likeness (QED) is 0.699. The Kier molecular flexibility index (Phi) is 8.93. The summed E-state index contributed by atoms with van der Waals surface area (Å²) in [7, 11) is 1.76. The van der Waals surface area contributed by atoms with E-state index >= 15 is 0 Å². The first-order valence-corrected chi connectivity index (χ1v) is 5.16. The van der Waals surface area contributed by atoms with E-state index in [1.165, 1.54) is 32.1 Å². The highest BCUT2D eigenvalue weighted by Crippen LogP contribution is 2.16. The SMILES string of the molecule is COCCCNC1CCCCC1.Cl. The molecule has 1 N–H and O–H groups in total. The zero-order chi connectivity index (χ0) is 8.65. The Hall–Kier alpha value is 0.210. The minimum atomic E-state index is 0. The van der Waals surface area contributed by atoms with Gasteiger partial charge in [-0.3, -0.25) is 0 Å². The van der Waals surface area contributed by atoms with Crippen molar-refractivity contribution >= 4 is 12.4 Å². The van der Waals surface area contributed by atoms with E-state index in [0.717, 1.165) is 25.6 Å². The van der Waals surface area contributed by atoms with Gasteiger partial charge in [0.25, 0.3) is 0 Å². The third-order valence-electron chi connectivity index (χ3n) is 2.56. The highest BCUT2D eigenvalue weighted by Gasteiger charge is 2.11. The maximum Gasteiger partial charge on any atom is 0.0474 e. The van der Waals surface area contributed by atoms with E-state index in [1.807, 2.05) is 0 Å². The van der Waals surface area contributed by atoms with Crippen molar-refractivity contribution in [1.82, 2.24) is 5.32 Å². The van der Waals surface area contributed by atoms with Crippen molar-refractivity contribution in [3.8, 4) is 0 Å². The number of methoxy groups -OCH3 is 1. The molecule has 80 valence electrons. The van der Waals surface area contributed by atoms with Gasteiger partial charge in [0.15, 0.2) is 0 Å². The number of nitrogens with one attached hydrogen (secondary N) is 1. The summed E-state index contributed by atoms with van der Waals surface area (Å²) in [5.41, 5.74) is 0. The second kappa shape index (κ2) is 8.79. The van der Waals surface area contributed by atoms with E-state index in [0.29, 0.717) is 0 Å². The van der Waals surface area contributed by atoms with Crippen LogP contribution in [0, 0.1) is 0 Å². The lowest BCUT2D eigenvalue weighted by Crippen LogP contribution is -2.32. The molecule has 0 aromatic carbocycles. The van der Waals surface area contributed by atoms with Gasteiger partial charge in [-0.15, -0.1) is 12.4 Å². The van der Waals surface area contributed by atoms with Crippen LogP contribution in [0.1, 0.15) is 38.5 Å². The van der Waals surface area contributed by atoms with Gasteiger partial charge in [-0.2, -0.15) is 0 Å². The fourth-order valence-electron chi connectivity index (χ4n) is 1.83. The van der Waals surface area contributed by atoms with E-state index in [1.54, 1.807) is 7.11 Å². The molecule has 1 rings (SSSR count). The summed E-state index contributed by atoms with van der Waals surface area (Å²) in [6.45, 7) is 2.01. The third kappa shape index (κ3) is 6.30. The first-order chi connectivity index (χ1) is 5.93. The minimum absolute atomic E-state index is 0. The molecule has 1 aliphatic rings. The molecule has 1 saturated carbocycles. The maximum absolute atomic E-state index is 4.99. The molecule has 0 unspecified atom stereocenters. The second-order valence-corrected chi connectivity index (χ2v) is 3.64. The van der Waals surface area contributed by atoms with Crippen LogP contribution >= 0.6 is 12.4 Å². The van der Waals surface area contributed by atoms with Gasteiger partial charge >= 0.3 is 0 Å². The molecule has 0 amide bonds. The lowest BCUT2D eigenvalue weighted by Gasteiger charge is -2.22. The van der Waals surface area contributed by atoms with Crippen molar-refractivity contribution < 1.29 is 4.74 Å². The van der Waals surface area contributed by atoms with Gasteiger partial charge in [0.05, 0.1) is 0 Å². The molecule has 0 heterocycles. The molecule has 0 aromatic rings. The van der Waals surface area contributed by atoms with E-state index < -0.39 is 0 Å². The van der Waals surface area contributed by atoms with Crippen LogP contribution in [0.25, 0.3) is 0 Å². The lowest BCUT2D eigenvalue weighted by molar-refractivity contribution is 0.192. The molecule has 3 heteroatoms. The van der Waals surface area contributed by atoms with Gasteiger partial charge < -0.3 is 10.1 Å². The minimum Gasteiger partial charge on any atom is -0.385 e. The summed E-state index contributed by atoms with van der Waals surface area (Å²) in [6, 6.07) is 0.801.